The molecule has 0 spiro atoms. The van der Waals surface area contributed by atoms with E-state index < -0.39 is 17.8 Å². The van der Waals surface area contributed by atoms with Gasteiger partial charge in [-0.15, -0.1) is 0 Å². The van der Waals surface area contributed by atoms with Crippen LogP contribution < -0.4 is 0 Å². The van der Waals surface area contributed by atoms with Crippen molar-refractivity contribution in [3.8, 4) is 0 Å². The van der Waals surface area contributed by atoms with Gasteiger partial charge < -0.3 is 15.3 Å². The summed E-state index contributed by atoms with van der Waals surface area (Å²) in [7, 11) is 0. The largest absolute Gasteiger partial charge is 0.393 e. The smallest absolute Gasteiger partial charge is 0.0811 e. The second kappa shape index (κ2) is 8.65. The Labute approximate surface area is 188 Å². The van der Waals surface area contributed by atoms with Crippen molar-refractivity contribution in [3.05, 3.63) is 47.6 Å². The van der Waals surface area contributed by atoms with E-state index in [9.17, 15) is 15.3 Å². The fourth-order valence-corrected chi connectivity index (χ4v) is 7.49. The van der Waals surface area contributed by atoms with E-state index in [0.717, 1.165) is 29.9 Å². The van der Waals surface area contributed by atoms with Crippen molar-refractivity contribution in [3.63, 3.8) is 0 Å². The predicted molar refractivity (Wildman–Crippen MR) is 126 cm³/mol. The molecule has 3 nitrogen and oxygen atoms in total. The molecule has 0 saturated heterocycles. The highest BCUT2D eigenvalue weighted by Gasteiger charge is 2.50. The maximum absolute atomic E-state index is 10.3. The standard InChI is InChI=1S/C28H42O3/c1-18(14-20-11-13-27(3,31)17-20)24-9-10-25-21(6-5-12-28(24,25)4)7-8-22-15-23(29)16-26(30)19(22)2/h7-8,11,13,18,20,23-26,29-31H,2,5-6,9-10,12,14-17H2,1,3-4H3/t18-,20?,23-,24-,25?,26?,27?,28-/m1/s1. The van der Waals surface area contributed by atoms with Crippen LogP contribution in [0.4, 0.5) is 0 Å². The van der Waals surface area contributed by atoms with Crippen molar-refractivity contribution >= 4 is 0 Å². The number of aliphatic hydroxyl groups excluding tert-OH is 2. The van der Waals surface area contributed by atoms with Crippen LogP contribution in [0.25, 0.3) is 0 Å². The number of rotatable bonds is 4. The molecule has 3 saturated carbocycles. The molecule has 4 aliphatic rings. The summed E-state index contributed by atoms with van der Waals surface area (Å²) in [5.41, 5.74) is 3.08. The van der Waals surface area contributed by atoms with Crippen molar-refractivity contribution in [1.82, 2.24) is 0 Å². The summed E-state index contributed by atoms with van der Waals surface area (Å²) in [4.78, 5) is 0. The van der Waals surface area contributed by atoms with Crippen molar-refractivity contribution < 1.29 is 15.3 Å². The Morgan fingerprint density at radius 2 is 2.00 bits per heavy atom. The molecule has 0 aromatic rings. The van der Waals surface area contributed by atoms with Gasteiger partial charge in [0.15, 0.2) is 0 Å². The first kappa shape index (κ1) is 23.0. The Balaban J connectivity index is 1.47. The van der Waals surface area contributed by atoms with E-state index in [2.05, 4.69) is 38.7 Å². The van der Waals surface area contributed by atoms with Crippen LogP contribution in [0.2, 0.25) is 0 Å². The van der Waals surface area contributed by atoms with Gasteiger partial charge in [-0.05, 0) is 98.5 Å². The lowest BCUT2D eigenvalue weighted by molar-refractivity contribution is 0.0754. The summed E-state index contributed by atoms with van der Waals surface area (Å²) in [6.07, 6.45) is 16.9. The monoisotopic (exact) mass is 426 g/mol. The molecule has 0 radical (unpaired) electrons. The third-order valence-electron chi connectivity index (χ3n) is 9.07. The van der Waals surface area contributed by atoms with Crippen LogP contribution in [0.1, 0.15) is 78.6 Å². The van der Waals surface area contributed by atoms with E-state index in [4.69, 9.17) is 0 Å². The Morgan fingerprint density at radius 3 is 2.71 bits per heavy atom. The van der Waals surface area contributed by atoms with Gasteiger partial charge in [0.05, 0.1) is 17.8 Å². The van der Waals surface area contributed by atoms with Crippen LogP contribution in [0.15, 0.2) is 47.6 Å². The summed E-state index contributed by atoms with van der Waals surface area (Å²) < 4.78 is 0. The molecule has 0 heterocycles. The van der Waals surface area contributed by atoms with Gasteiger partial charge in [0.25, 0.3) is 0 Å². The lowest BCUT2D eigenvalue weighted by Crippen LogP contribution is -2.36. The molecule has 4 aliphatic carbocycles. The number of allylic oxidation sites excluding steroid dienone is 4. The zero-order valence-corrected chi connectivity index (χ0v) is 19.7. The molecule has 0 aromatic heterocycles. The second-order valence-electron chi connectivity index (χ2n) is 11.6. The van der Waals surface area contributed by atoms with Gasteiger partial charge in [0.1, 0.15) is 0 Å². The summed E-state index contributed by atoms with van der Waals surface area (Å²) in [6.45, 7) is 11.0. The van der Waals surface area contributed by atoms with Crippen molar-refractivity contribution in [2.24, 2.45) is 29.1 Å². The van der Waals surface area contributed by atoms with Crippen LogP contribution >= 0.6 is 0 Å². The summed E-state index contributed by atoms with van der Waals surface area (Å²) in [5, 5.41) is 30.5. The van der Waals surface area contributed by atoms with Gasteiger partial charge in [-0.3, -0.25) is 0 Å². The number of aliphatic hydroxyl groups is 3. The van der Waals surface area contributed by atoms with Gasteiger partial charge in [-0.2, -0.15) is 0 Å². The van der Waals surface area contributed by atoms with Gasteiger partial charge in [-0.25, -0.2) is 0 Å². The van der Waals surface area contributed by atoms with Crippen LogP contribution in [0.5, 0.6) is 0 Å². The van der Waals surface area contributed by atoms with E-state index in [0.29, 0.717) is 36.0 Å². The normalized spacial score (nSPS) is 46.6. The molecule has 0 aromatic carbocycles. The van der Waals surface area contributed by atoms with Crippen molar-refractivity contribution in [1.29, 1.82) is 0 Å². The Morgan fingerprint density at radius 1 is 1.23 bits per heavy atom. The molecular formula is C28H42O3. The third kappa shape index (κ3) is 4.65. The molecule has 172 valence electrons. The Kier molecular flexibility index (Phi) is 6.42. The molecule has 0 bridgehead atoms. The van der Waals surface area contributed by atoms with Crippen LogP contribution in [0.3, 0.4) is 0 Å². The first-order valence-electron chi connectivity index (χ1n) is 12.5. The molecule has 0 aliphatic heterocycles. The molecule has 4 unspecified atom stereocenters. The van der Waals surface area contributed by atoms with Crippen molar-refractivity contribution in [2.45, 2.75) is 96.4 Å². The highest BCUT2D eigenvalue weighted by Crippen LogP contribution is 2.60. The van der Waals surface area contributed by atoms with Gasteiger partial charge in [-0.1, -0.05) is 50.3 Å². The first-order valence-corrected chi connectivity index (χ1v) is 12.5. The highest BCUT2D eigenvalue weighted by molar-refractivity contribution is 5.38. The average Bonchev–Trinajstić information content (AvgIpc) is 3.22. The lowest BCUT2D eigenvalue weighted by Gasteiger charge is -2.44. The number of hydrogen-bond donors (Lipinski definition) is 3. The van der Waals surface area contributed by atoms with Crippen LogP contribution in [0, 0.1) is 29.1 Å². The van der Waals surface area contributed by atoms with E-state index >= 15 is 0 Å². The van der Waals surface area contributed by atoms with E-state index in [1.54, 1.807) is 5.57 Å². The topological polar surface area (TPSA) is 60.7 Å². The van der Waals surface area contributed by atoms with Crippen molar-refractivity contribution in [2.75, 3.05) is 0 Å². The minimum atomic E-state index is -0.620. The average molecular weight is 427 g/mol. The van der Waals surface area contributed by atoms with E-state index in [1.807, 2.05) is 13.0 Å². The molecular weight excluding hydrogens is 384 g/mol. The maximum Gasteiger partial charge on any atom is 0.0811 e. The summed E-state index contributed by atoms with van der Waals surface area (Å²) >= 11 is 0. The lowest BCUT2D eigenvalue weighted by atomic mass is 9.60. The summed E-state index contributed by atoms with van der Waals surface area (Å²) in [5.74, 6) is 2.55. The molecule has 3 fully saturated rings. The molecule has 3 heteroatoms. The van der Waals surface area contributed by atoms with E-state index in [-0.39, 0.29) is 0 Å². The third-order valence-corrected chi connectivity index (χ3v) is 9.07. The van der Waals surface area contributed by atoms with E-state index in [1.165, 1.54) is 32.1 Å². The first-order chi connectivity index (χ1) is 14.6. The fraction of sp³-hybridized carbons (Fsp3) is 0.714. The molecule has 3 N–H and O–H groups in total. The zero-order chi connectivity index (χ0) is 22.4. The number of fused-ring (bicyclic) bond motifs is 1. The fourth-order valence-electron chi connectivity index (χ4n) is 7.49. The molecule has 4 rings (SSSR count). The number of hydrogen-bond acceptors (Lipinski definition) is 3. The van der Waals surface area contributed by atoms with Crippen LogP contribution in [-0.4, -0.2) is 33.1 Å². The molecule has 8 atom stereocenters. The highest BCUT2D eigenvalue weighted by atomic mass is 16.3. The Bertz CT molecular complexity index is 788. The Hall–Kier alpha value is -1.16. The SMILES string of the molecule is C=C1C(=CC=C2CCC[C@@]3(C)C2CC[C@@H]3[C@H](C)CC2C=CC(C)(O)C2)C[C@@H](O)CC1O. The quantitative estimate of drug-likeness (QED) is 0.522. The molecule has 31 heavy (non-hydrogen) atoms. The van der Waals surface area contributed by atoms with Gasteiger partial charge in [0, 0.05) is 6.42 Å². The molecule has 0 amide bonds. The van der Waals surface area contributed by atoms with Crippen LogP contribution in [-0.2, 0) is 0 Å². The van der Waals surface area contributed by atoms with Gasteiger partial charge in [0.2, 0.25) is 0 Å². The zero-order valence-electron chi connectivity index (χ0n) is 19.7. The second-order valence-corrected chi connectivity index (χ2v) is 11.6. The maximum atomic E-state index is 10.3. The van der Waals surface area contributed by atoms with Gasteiger partial charge >= 0.3 is 0 Å². The summed E-state index contributed by atoms with van der Waals surface area (Å²) in [6, 6.07) is 0. The minimum absolute atomic E-state index is 0.357. The minimum Gasteiger partial charge on any atom is -0.393 e. The predicted octanol–water partition coefficient (Wildman–Crippen LogP) is 5.48.